The van der Waals surface area contributed by atoms with Crippen LogP contribution < -0.4 is 5.73 Å². The van der Waals surface area contributed by atoms with E-state index in [1.807, 2.05) is 0 Å². The number of benzene rings is 1. The average molecular weight is 302 g/mol. The third-order valence-corrected chi connectivity index (χ3v) is 3.26. The Kier molecular flexibility index (Phi) is 8.37. The Hall–Kier alpha value is -1.08. The van der Waals surface area contributed by atoms with Crippen LogP contribution in [-0.4, -0.2) is 52.0 Å². The van der Waals surface area contributed by atoms with Crippen LogP contribution in [0.15, 0.2) is 18.2 Å². The molecule has 0 aliphatic carbocycles. The minimum Gasteiger partial charge on any atom is -0.385 e. The van der Waals surface area contributed by atoms with E-state index in [0.717, 1.165) is 31.6 Å². The lowest BCUT2D eigenvalue weighted by Gasteiger charge is -2.25. The van der Waals surface area contributed by atoms with Gasteiger partial charge >= 0.3 is 0 Å². The van der Waals surface area contributed by atoms with E-state index in [-0.39, 0.29) is 6.04 Å². The van der Waals surface area contributed by atoms with Gasteiger partial charge in [-0.25, -0.2) is 8.78 Å². The standard InChI is InChI=1S/C15H24F2N2O2/c1-20-8-3-6-19(7-9-21-2)11-15(18)12-4-5-13(16)14(17)10-12/h4-5,10,15H,3,6-9,11,18H2,1-2H3. The lowest BCUT2D eigenvalue weighted by Crippen LogP contribution is -2.35. The van der Waals surface area contributed by atoms with E-state index in [4.69, 9.17) is 15.2 Å². The Balaban J connectivity index is 2.60. The number of ether oxygens (including phenoxy) is 2. The monoisotopic (exact) mass is 302 g/mol. The molecule has 4 nitrogen and oxygen atoms in total. The van der Waals surface area contributed by atoms with E-state index in [1.54, 1.807) is 14.2 Å². The third-order valence-electron chi connectivity index (χ3n) is 3.26. The fraction of sp³-hybridized carbons (Fsp3) is 0.600. The molecule has 1 atom stereocenters. The van der Waals surface area contributed by atoms with Gasteiger partial charge in [-0.05, 0) is 24.1 Å². The molecule has 0 saturated carbocycles. The molecular weight excluding hydrogens is 278 g/mol. The summed E-state index contributed by atoms with van der Waals surface area (Å²) in [7, 11) is 3.30. The van der Waals surface area contributed by atoms with Crippen molar-refractivity contribution >= 4 is 0 Å². The van der Waals surface area contributed by atoms with Crippen molar-refractivity contribution in [1.29, 1.82) is 0 Å². The summed E-state index contributed by atoms with van der Waals surface area (Å²) in [5.41, 5.74) is 6.67. The normalized spacial score (nSPS) is 12.9. The molecule has 0 fully saturated rings. The number of nitrogens with zero attached hydrogens (tertiary/aromatic N) is 1. The van der Waals surface area contributed by atoms with E-state index in [2.05, 4.69) is 4.90 Å². The molecule has 6 heteroatoms. The largest absolute Gasteiger partial charge is 0.385 e. The summed E-state index contributed by atoms with van der Waals surface area (Å²) >= 11 is 0. The summed E-state index contributed by atoms with van der Waals surface area (Å²) in [6.45, 7) is 3.37. The number of hydrogen-bond acceptors (Lipinski definition) is 4. The predicted molar refractivity (Wildman–Crippen MR) is 78.1 cm³/mol. The minimum atomic E-state index is -0.870. The first-order valence-corrected chi connectivity index (χ1v) is 6.99. The average Bonchev–Trinajstić information content (AvgIpc) is 2.47. The molecule has 0 aromatic heterocycles. The second kappa shape index (κ2) is 9.78. The van der Waals surface area contributed by atoms with Crippen molar-refractivity contribution in [3.05, 3.63) is 35.4 Å². The molecule has 0 radical (unpaired) electrons. The topological polar surface area (TPSA) is 47.7 Å². The molecule has 0 saturated heterocycles. The Labute approximate surface area is 124 Å². The van der Waals surface area contributed by atoms with E-state index in [0.29, 0.717) is 25.3 Å². The molecular formula is C15H24F2N2O2. The molecule has 0 aliphatic rings. The molecule has 120 valence electrons. The minimum absolute atomic E-state index is 0.375. The molecule has 2 N–H and O–H groups in total. The molecule has 1 rings (SSSR count). The summed E-state index contributed by atoms with van der Waals surface area (Å²) in [6.07, 6.45) is 0.880. The van der Waals surface area contributed by atoms with Crippen LogP contribution >= 0.6 is 0 Å². The van der Waals surface area contributed by atoms with Crippen LogP contribution in [0.5, 0.6) is 0 Å². The second-order valence-corrected chi connectivity index (χ2v) is 4.92. The zero-order valence-corrected chi connectivity index (χ0v) is 12.6. The van der Waals surface area contributed by atoms with Gasteiger partial charge < -0.3 is 15.2 Å². The predicted octanol–water partition coefficient (Wildman–Crippen LogP) is 1.95. The maximum atomic E-state index is 13.2. The van der Waals surface area contributed by atoms with Crippen molar-refractivity contribution < 1.29 is 18.3 Å². The molecule has 0 bridgehead atoms. The zero-order valence-electron chi connectivity index (χ0n) is 12.6. The molecule has 0 heterocycles. The Morgan fingerprint density at radius 3 is 2.43 bits per heavy atom. The molecule has 1 aromatic rings. The second-order valence-electron chi connectivity index (χ2n) is 4.92. The highest BCUT2D eigenvalue weighted by atomic mass is 19.2. The first kappa shape index (κ1) is 18.0. The number of rotatable bonds is 10. The molecule has 1 unspecified atom stereocenters. The van der Waals surface area contributed by atoms with Gasteiger partial charge in [-0.2, -0.15) is 0 Å². The fourth-order valence-corrected chi connectivity index (χ4v) is 2.07. The van der Waals surface area contributed by atoms with Gasteiger partial charge in [0.05, 0.1) is 6.61 Å². The molecule has 0 spiro atoms. The summed E-state index contributed by atoms with van der Waals surface area (Å²) in [6, 6.07) is 3.41. The Bertz CT molecular complexity index is 419. The van der Waals surface area contributed by atoms with E-state index in [9.17, 15) is 8.78 Å². The maximum Gasteiger partial charge on any atom is 0.159 e. The summed E-state index contributed by atoms with van der Waals surface area (Å²) in [5, 5.41) is 0. The molecule has 0 aliphatic heterocycles. The van der Waals surface area contributed by atoms with Crippen molar-refractivity contribution in [3.63, 3.8) is 0 Å². The highest BCUT2D eigenvalue weighted by Gasteiger charge is 2.14. The number of hydrogen-bond donors (Lipinski definition) is 1. The molecule has 1 aromatic carbocycles. The van der Waals surface area contributed by atoms with Crippen molar-refractivity contribution in [3.8, 4) is 0 Å². The van der Waals surface area contributed by atoms with Crippen LogP contribution in [0.3, 0.4) is 0 Å². The quantitative estimate of drug-likeness (QED) is 0.671. The smallest absolute Gasteiger partial charge is 0.159 e. The van der Waals surface area contributed by atoms with Gasteiger partial charge in [-0.15, -0.1) is 0 Å². The van der Waals surface area contributed by atoms with Crippen LogP contribution in [0.2, 0.25) is 0 Å². The van der Waals surface area contributed by atoms with E-state index in [1.165, 1.54) is 6.07 Å². The van der Waals surface area contributed by atoms with Gasteiger partial charge in [0.15, 0.2) is 11.6 Å². The number of halogens is 2. The maximum absolute atomic E-state index is 13.2. The van der Waals surface area contributed by atoms with Crippen molar-refractivity contribution in [1.82, 2.24) is 4.90 Å². The van der Waals surface area contributed by atoms with Crippen LogP contribution in [0.25, 0.3) is 0 Å². The lowest BCUT2D eigenvalue weighted by molar-refractivity contribution is 0.129. The Morgan fingerprint density at radius 2 is 1.81 bits per heavy atom. The van der Waals surface area contributed by atoms with Gasteiger partial charge in [-0.3, -0.25) is 4.90 Å². The van der Waals surface area contributed by atoms with Gasteiger partial charge in [0.25, 0.3) is 0 Å². The zero-order chi connectivity index (χ0) is 15.7. The Morgan fingerprint density at radius 1 is 1.10 bits per heavy atom. The van der Waals surface area contributed by atoms with Crippen molar-refractivity contribution in [2.24, 2.45) is 5.73 Å². The van der Waals surface area contributed by atoms with Crippen molar-refractivity contribution in [2.45, 2.75) is 12.5 Å². The van der Waals surface area contributed by atoms with Gasteiger partial charge in [0, 0.05) is 46.5 Å². The highest BCUT2D eigenvalue weighted by Crippen LogP contribution is 2.15. The van der Waals surface area contributed by atoms with Gasteiger partial charge in [0.2, 0.25) is 0 Å². The SMILES string of the molecule is COCCCN(CCOC)CC(N)c1ccc(F)c(F)c1. The first-order valence-electron chi connectivity index (χ1n) is 6.99. The van der Waals surface area contributed by atoms with Gasteiger partial charge in [0.1, 0.15) is 0 Å². The third kappa shape index (κ3) is 6.48. The molecule has 0 amide bonds. The highest BCUT2D eigenvalue weighted by molar-refractivity contribution is 5.21. The lowest BCUT2D eigenvalue weighted by atomic mass is 10.1. The van der Waals surface area contributed by atoms with Crippen LogP contribution in [0.4, 0.5) is 8.78 Å². The molecule has 21 heavy (non-hydrogen) atoms. The van der Waals surface area contributed by atoms with Gasteiger partial charge in [-0.1, -0.05) is 6.07 Å². The summed E-state index contributed by atoms with van der Waals surface area (Å²) in [4.78, 5) is 2.13. The van der Waals surface area contributed by atoms with Crippen LogP contribution in [-0.2, 0) is 9.47 Å². The van der Waals surface area contributed by atoms with E-state index >= 15 is 0 Å². The van der Waals surface area contributed by atoms with Crippen LogP contribution in [0.1, 0.15) is 18.0 Å². The van der Waals surface area contributed by atoms with E-state index < -0.39 is 11.6 Å². The summed E-state index contributed by atoms with van der Waals surface area (Å²) < 4.78 is 36.3. The first-order chi connectivity index (χ1) is 10.1. The number of nitrogens with two attached hydrogens (primary N) is 1. The fourth-order valence-electron chi connectivity index (χ4n) is 2.07. The number of methoxy groups -OCH3 is 2. The van der Waals surface area contributed by atoms with Crippen molar-refractivity contribution in [2.75, 3.05) is 47.1 Å². The van der Waals surface area contributed by atoms with Crippen LogP contribution in [0, 0.1) is 11.6 Å². The summed E-state index contributed by atoms with van der Waals surface area (Å²) in [5.74, 6) is -1.73.